The van der Waals surface area contributed by atoms with Crippen molar-refractivity contribution < 1.29 is 9.47 Å². The lowest BCUT2D eigenvalue weighted by molar-refractivity contribution is 0.391. The zero-order valence-corrected chi connectivity index (χ0v) is 14.9. The molecule has 0 aliphatic heterocycles. The molecule has 5 heteroatoms. The van der Waals surface area contributed by atoms with E-state index in [1.165, 1.54) is 5.56 Å². The highest BCUT2D eigenvalue weighted by Crippen LogP contribution is 2.29. The first-order valence-electron chi connectivity index (χ1n) is 8.07. The van der Waals surface area contributed by atoms with Gasteiger partial charge in [0.15, 0.2) is 0 Å². The fraction of sp³-hybridized carbons (Fsp3) is 0.250. The van der Waals surface area contributed by atoms with Gasteiger partial charge < -0.3 is 9.47 Å². The third-order valence-corrected chi connectivity index (χ3v) is 3.98. The van der Waals surface area contributed by atoms with E-state index in [0.717, 1.165) is 39.3 Å². The molecule has 0 fully saturated rings. The largest absolute Gasteiger partial charge is 0.497 e. The molecule has 0 saturated heterocycles. The van der Waals surface area contributed by atoms with Crippen molar-refractivity contribution in [1.29, 1.82) is 0 Å². The number of aromatic nitrogens is 1. The lowest BCUT2D eigenvalue weighted by Gasteiger charge is -2.08. The van der Waals surface area contributed by atoms with Gasteiger partial charge in [-0.05, 0) is 44.2 Å². The zero-order valence-electron chi connectivity index (χ0n) is 14.9. The maximum atomic E-state index is 5.40. The van der Waals surface area contributed by atoms with E-state index < -0.39 is 0 Å². The Morgan fingerprint density at radius 1 is 0.960 bits per heavy atom. The van der Waals surface area contributed by atoms with Crippen molar-refractivity contribution in [2.45, 2.75) is 20.4 Å². The summed E-state index contributed by atoms with van der Waals surface area (Å²) in [6, 6.07) is 13.8. The van der Waals surface area contributed by atoms with Crippen molar-refractivity contribution >= 4 is 16.6 Å². The van der Waals surface area contributed by atoms with Crippen LogP contribution in [-0.4, -0.2) is 19.2 Å². The third kappa shape index (κ3) is 3.76. The number of methoxy groups -OCH3 is 2. The Morgan fingerprint density at radius 2 is 1.80 bits per heavy atom. The average molecular weight is 335 g/mol. The lowest BCUT2D eigenvalue weighted by Crippen LogP contribution is -1.92. The summed E-state index contributed by atoms with van der Waals surface area (Å²) >= 11 is 0. The van der Waals surface area contributed by atoms with Gasteiger partial charge in [0.25, 0.3) is 0 Å². The average Bonchev–Trinajstić information content (AvgIpc) is 2.62. The minimum atomic E-state index is 0.432. The summed E-state index contributed by atoms with van der Waals surface area (Å²) in [5.74, 6) is 1.49. The van der Waals surface area contributed by atoms with Gasteiger partial charge in [0, 0.05) is 22.7 Å². The first kappa shape index (κ1) is 16.9. The van der Waals surface area contributed by atoms with Crippen LogP contribution in [0, 0.1) is 13.8 Å². The van der Waals surface area contributed by atoms with E-state index in [9.17, 15) is 0 Å². The Balaban J connectivity index is 1.90. The van der Waals surface area contributed by atoms with Crippen LogP contribution in [0.1, 0.15) is 16.8 Å². The first-order chi connectivity index (χ1) is 12.1. The van der Waals surface area contributed by atoms with Crippen LogP contribution >= 0.6 is 0 Å². The molecule has 25 heavy (non-hydrogen) atoms. The van der Waals surface area contributed by atoms with E-state index in [0.29, 0.717) is 6.54 Å². The molecule has 0 unspecified atom stereocenters. The molecule has 0 radical (unpaired) electrons. The van der Waals surface area contributed by atoms with Gasteiger partial charge in [-0.3, -0.25) is 4.98 Å². The molecular weight excluding hydrogens is 314 g/mol. The summed E-state index contributed by atoms with van der Waals surface area (Å²) < 4.78 is 10.6. The third-order valence-electron chi connectivity index (χ3n) is 3.98. The number of fused-ring (bicyclic) bond motifs is 1. The number of azo groups is 1. The van der Waals surface area contributed by atoms with Crippen molar-refractivity contribution in [3.05, 3.63) is 59.3 Å². The van der Waals surface area contributed by atoms with Crippen LogP contribution in [0.5, 0.6) is 11.5 Å². The van der Waals surface area contributed by atoms with Crippen LogP contribution in [0.3, 0.4) is 0 Å². The summed E-state index contributed by atoms with van der Waals surface area (Å²) in [6.07, 6.45) is 0. The Morgan fingerprint density at radius 3 is 2.56 bits per heavy atom. The van der Waals surface area contributed by atoms with Gasteiger partial charge in [-0.2, -0.15) is 10.2 Å². The number of benzene rings is 2. The van der Waals surface area contributed by atoms with Crippen LogP contribution in [0.15, 0.2) is 52.7 Å². The van der Waals surface area contributed by atoms with E-state index in [1.54, 1.807) is 14.2 Å². The van der Waals surface area contributed by atoms with Crippen molar-refractivity contribution in [1.82, 2.24) is 4.98 Å². The Kier molecular flexibility index (Phi) is 4.93. The number of ether oxygens (including phenoxy) is 2. The molecule has 3 rings (SSSR count). The highest BCUT2D eigenvalue weighted by atomic mass is 16.5. The SMILES string of the molecule is COc1ccc(CN=Nc2cc(C)nc3ccc(C)cc23)c(OC)c1. The molecule has 0 saturated carbocycles. The smallest absolute Gasteiger partial charge is 0.127 e. The molecule has 0 atom stereocenters. The summed E-state index contributed by atoms with van der Waals surface area (Å²) in [6.45, 7) is 4.45. The number of pyridine rings is 1. The molecule has 2 aromatic carbocycles. The molecule has 0 amide bonds. The maximum Gasteiger partial charge on any atom is 0.127 e. The van der Waals surface area contributed by atoms with E-state index >= 15 is 0 Å². The van der Waals surface area contributed by atoms with Gasteiger partial charge in [0.1, 0.15) is 11.5 Å². The minimum Gasteiger partial charge on any atom is -0.497 e. The number of rotatable bonds is 5. The standard InChI is InChI=1S/C20H21N3O2/c1-13-5-8-18-17(9-13)19(10-14(2)22-18)23-21-12-15-6-7-16(24-3)11-20(15)25-4/h5-11H,12H2,1-4H3. The molecule has 3 aromatic rings. The second-order valence-corrected chi connectivity index (χ2v) is 5.88. The summed E-state index contributed by atoms with van der Waals surface area (Å²) in [7, 11) is 3.27. The molecule has 5 nitrogen and oxygen atoms in total. The minimum absolute atomic E-state index is 0.432. The second kappa shape index (κ2) is 7.30. The summed E-state index contributed by atoms with van der Waals surface area (Å²) in [5, 5.41) is 9.83. The molecule has 0 aliphatic carbocycles. The fourth-order valence-electron chi connectivity index (χ4n) is 2.70. The van der Waals surface area contributed by atoms with Gasteiger partial charge in [-0.25, -0.2) is 0 Å². The molecule has 1 heterocycles. The van der Waals surface area contributed by atoms with Gasteiger partial charge in [-0.15, -0.1) is 0 Å². The number of hydrogen-bond donors (Lipinski definition) is 0. The van der Waals surface area contributed by atoms with Crippen LogP contribution in [0.2, 0.25) is 0 Å². The van der Waals surface area contributed by atoms with Crippen LogP contribution in [0.4, 0.5) is 5.69 Å². The predicted octanol–water partition coefficient (Wildman–Crippen LogP) is 5.15. The van der Waals surface area contributed by atoms with Crippen LogP contribution in [-0.2, 0) is 6.54 Å². The lowest BCUT2D eigenvalue weighted by atomic mass is 10.1. The van der Waals surface area contributed by atoms with Crippen LogP contribution < -0.4 is 9.47 Å². The zero-order chi connectivity index (χ0) is 17.8. The fourth-order valence-corrected chi connectivity index (χ4v) is 2.70. The van der Waals surface area contributed by atoms with E-state index in [1.807, 2.05) is 37.3 Å². The van der Waals surface area contributed by atoms with E-state index in [2.05, 4.69) is 34.3 Å². The first-order valence-corrected chi connectivity index (χ1v) is 8.07. The quantitative estimate of drug-likeness (QED) is 0.606. The Labute approximate surface area is 147 Å². The highest BCUT2D eigenvalue weighted by molar-refractivity contribution is 5.90. The Hall–Kier alpha value is -2.95. The number of aryl methyl sites for hydroxylation is 2. The number of hydrogen-bond acceptors (Lipinski definition) is 5. The van der Waals surface area contributed by atoms with Crippen LogP contribution in [0.25, 0.3) is 10.9 Å². The van der Waals surface area contributed by atoms with Crippen molar-refractivity contribution in [2.75, 3.05) is 14.2 Å². The van der Waals surface area contributed by atoms with Crippen molar-refractivity contribution in [2.24, 2.45) is 10.2 Å². The molecule has 0 aliphatic rings. The molecule has 0 N–H and O–H groups in total. The molecule has 0 bridgehead atoms. The normalized spacial score (nSPS) is 11.2. The van der Waals surface area contributed by atoms with Gasteiger partial charge in [0.2, 0.25) is 0 Å². The van der Waals surface area contributed by atoms with Gasteiger partial charge in [0.05, 0.1) is 32.0 Å². The van der Waals surface area contributed by atoms with E-state index in [4.69, 9.17) is 9.47 Å². The molecule has 1 aromatic heterocycles. The van der Waals surface area contributed by atoms with Crippen molar-refractivity contribution in [3.8, 4) is 11.5 Å². The second-order valence-electron chi connectivity index (χ2n) is 5.88. The topological polar surface area (TPSA) is 56.1 Å². The van der Waals surface area contributed by atoms with E-state index in [-0.39, 0.29) is 0 Å². The Bertz CT molecular complexity index is 936. The monoisotopic (exact) mass is 335 g/mol. The molecular formula is C20H21N3O2. The van der Waals surface area contributed by atoms with Crippen molar-refractivity contribution in [3.63, 3.8) is 0 Å². The molecule has 128 valence electrons. The summed E-state index contributed by atoms with van der Waals surface area (Å²) in [4.78, 5) is 4.55. The van der Waals surface area contributed by atoms with Gasteiger partial charge >= 0.3 is 0 Å². The highest BCUT2D eigenvalue weighted by Gasteiger charge is 2.06. The number of nitrogens with zero attached hydrogens (tertiary/aromatic N) is 3. The van der Waals surface area contributed by atoms with Gasteiger partial charge in [-0.1, -0.05) is 11.6 Å². The molecule has 0 spiro atoms. The maximum absolute atomic E-state index is 5.40. The predicted molar refractivity (Wildman–Crippen MR) is 99.0 cm³/mol. The summed E-state index contributed by atoms with van der Waals surface area (Å²) in [5.41, 5.74) is 4.82.